The molecule has 0 aliphatic heterocycles. The van der Waals surface area contributed by atoms with Crippen molar-refractivity contribution in [2.45, 2.75) is 31.9 Å². The zero-order valence-corrected chi connectivity index (χ0v) is 12.1. The molecular formula is C11H14N2O4S2. The Morgan fingerprint density at radius 2 is 2.16 bits per heavy atom. The van der Waals surface area contributed by atoms with E-state index in [4.69, 9.17) is 9.63 Å². The molecule has 2 heterocycles. The van der Waals surface area contributed by atoms with Gasteiger partial charge in [0, 0.05) is 15.8 Å². The summed E-state index contributed by atoms with van der Waals surface area (Å²) in [6.45, 7) is 3.35. The minimum Gasteiger partial charge on any atom is -0.391 e. The molecule has 0 saturated heterocycles. The Morgan fingerprint density at radius 1 is 1.42 bits per heavy atom. The van der Waals surface area contributed by atoms with E-state index in [9.17, 15) is 8.42 Å². The number of aromatic nitrogens is 1. The van der Waals surface area contributed by atoms with Crippen LogP contribution in [0.2, 0.25) is 0 Å². The first-order valence-electron chi connectivity index (χ1n) is 5.54. The summed E-state index contributed by atoms with van der Waals surface area (Å²) in [5.41, 5.74) is 0.524. The maximum absolute atomic E-state index is 12.1. The highest BCUT2D eigenvalue weighted by atomic mass is 32.2. The van der Waals surface area contributed by atoms with Crippen LogP contribution in [-0.2, 0) is 23.2 Å². The van der Waals surface area contributed by atoms with Crippen LogP contribution in [-0.4, -0.2) is 18.7 Å². The van der Waals surface area contributed by atoms with Gasteiger partial charge in [0.15, 0.2) is 0 Å². The van der Waals surface area contributed by atoms with Gasteiger partial charge in [-0.25, -0.2) is 13.1 Å². The highest BCUT2D eigenvalue weighted by Gasteiger charge is 2.20. The summed E-state index contributed by atoms with van der Waals surface area (Å²) in [6, 6.07) is 3.15. The molecule has 6 nitrogen and oxygen atoms in total. The smallest absolute Gasteiger partial charge is 0.242 e. The fourth-order valence-corrected chi connectivity index (χ4v) is 4.11. The third-order valence-electron chi connectivity index (χ3n) is 2.49. The molecule has 0 unspecified atom stereocenters. The minimum atomic E-state index is -3.60. The molecule has 0 bridgehead atoms. The average Bonchev–Trinajstić information content (AvgIpc) is 2.93. The number of hydrogen-bond donors (Lipinski definition) is 2. The number of nitrogens with one attached hydrogen (secondary N) is 1. The third-order valence-corrected chi connectivity index (χ3v) is 5.18. The van der Waals surface area contributed by atoms with Crippen LogP contribution in [0.5, 0.6) is 0 Å². The third kappa shape index (κ3) is 3.21. The van der Waals surface area contributed by atoms with Crippen molar-refractivity contribution in [3.8, 4) is 0 Å². The van der Waals surface area contributed by atoms with Gasteiger partial charge in [-0.2, -0.15) is 0 Å². The van der Waals surface area contributed by atoms with Gasteiger partial charge in [0.2, 0.25) is 10.0 Å². The molecule has 2 rings (SSSR count). The molecule has 0 aliphatic rings. The predicted octanol–water partition coefficient (Wildman–Crippen LogP) is 1.32. The summed E-state index contributed by atoms with van der Waals surface area (Å²) in [7, 11) is -3.60. The SMILES string of the molecule is Cc1cc(CNS(=O)(=O)c2cc(CO)sc2C)no1. The Labute approximate surface area is 115 Å². The van der Waals surface area contributed by atoms with Crippen LogP contribution in [0, 0.1) is 13.8 Å². The minimum absolute atomic E-state index is 0.0728. The fourth-order valence-electron chi connectivity index (χ4n) is 1.62. The highest BCUT2D eigenvalue weighted by Crippen LogP contribution is 2.25. The van der Waals surface area contributed by atoms with Gasteiger partial charge < -0.3 is 9.63 Å². The molecule has 0 aliphatic carbocycles. The highest BCUT2D eigenvalue weighted by molar-refractivity contribution is 7.89. The molecule has 0 fully saturated rings. The molecule has 2 N–H and O–H groups in total. The van der Waals surface area contributed by atoms with Crippen molar-refractivity contribution in [1.29, 1.82) is 0 Å². The molecule has 2 aromatic rings. The van der Waals surface area contributed by atoms with E-state index in [1.165, 1.54) is 17.4 Å². The van der Waals surface area contributed by atoms with Crippen molar-refractivity contribution in [2.75, 3.05) is 0 Å². The molecule has 0 aromatic carbocycles. The van der Waals surface area contributed by atoms with Crippen LogP contribution < -0.4 is 4.72 Å². The largest absolute Gasteiger partial charge is 0.391 e. The lowest BCUT2D eigenvalue weighted by molar-refractivity contribution is 0.285. The molecule has 104 valence electrons. The van der Waals surface area contributed by atoms with E-state index in [0.717, 1.165) is 0 Å². The average molecular weight is 302 g/mol. The number of hydrogen-bond acceptors (Lipinski definition) is 6. The van der Waals surface area contributed by atoms with Gasteiger partial charge in [0.05, 0.1) is 23.7 Å². The van der Waals surface area contributed by atoms with E-state index in [-0.39, 0.29) is 18.0 Å². The van der Waals surface area contributed by atoms with Crippen molar-refractivity contribution < 1.29 is 18.0 Å². The van der Waals surface area contributed by atoms with Gasteiger partial charge in [-0.05, 0) is 19.9 Å². The normalized spacial score (nSPS) is 11.9. The van der Waals surface area contributed by atoms with Crippen LogP contribution in [0.15, 0.2) is 21.6 Å². The zero-order chi connectivity index (χ0) is 14.0. The van der Waals surface area contributed by atoms with Gasteiger partial charge >= 0.3 is 0 Å². The van der Waals surface area contributed by atoms with E-state index < -0.39 is 10.0 Å². The number of nitrogens with zero attached hydrogens (tertiary/aromatic N) is 1. The van der Waals surface area contributed by atoms with Crippen molar-refractivity contribution in [3.05, 3.63) is 33.3 Å². The van der Waals surface area contributed by atoms with Crippen LogP contribution in [0.25, 0.3) is 0 Å². The lowest BCUT2D eigenvalue weighted by atomic mass is 10.4. The molecule has 0 radical (unpaired) electrons. The summed E-state index contributed by atoms with van der Waals surface area (Å²) in [5.74, 6) is 0.628. The molecular weight excluding hydrogens is 288 g/mol. The van der Waals surface area contributed by atoms with E-state index >= 15 is 0 Å². The fraction of sp³-hybridized carbons (Fsp3) is 0.364. The van der Waals surface area contributed by atoms with E-state index in [0.29, 0.717) is 21.2 Å². The zero-order valence-electron chi connectivity index (χ0n) is 10.5. The maximum Gasteiger partial charge on any atom is 0.242 e. The van der Waals surface area contributed by atoms with Gasteiger partial charge in [-0.3, -0.25) is 0 Å². The Kier molecular flexibility index (Phi) is 4.04. The van der Waals surface area contributed by atoms with Crippen molar-refractivity contribution >= 4 is 21.4 Å². The first kappa shape index (κ1) is 14.2. The lowest BCUT2D eigenvalue weighted by Crippen LogP contribution is -2.23. The van der Waals surface area contributed by atoms with Crippen LogP contribution in [0.4, 0.5) is 0 Å². The number of aliphatic hydroxyl groups excluding tert-OH is 1. The number of aliphatic hydroxyl groups is 1. The van der Waals surface area contributed by atoms with Gasteiger partial charge in [0.25, 0.3) is 0 Å². The number of sulfonamides is 1. The summed E-state index contributed by atoms with van der Waals surface area (Å²) >= 11 is 1.26. The maximum atomic E-state index is 12.1. The van der Waals surface area contributed by atoms with Crippen molar-refractivity contribution in [2.24, 2.45) is 0 Å². The molecule has 0 saturated carbocycles. The molecule has 0 amide bonds. The standard InChI is InChI=1S/C11H14N2O4S2/c1-7-3-9(13-17-7)5-12-19(15,16)11-4-10(6-14)18-8(11)2/h3-4,12,14H,5-6H2,1-2H3. The van der Waals surface area contributed by atoms with Crippen LogP contribution in [0.1, 0.15) is 21.2 Å². The van der Waals surface area contributed by atoms with E-state index in [1.807, 2.05) is 0 Å². The molecule has 2 aromatic heterocycles. The lowest BCUT2D eigenvalue weighted by Gasteiger charge is -2.03. The van der Waals surface area contributed by atoms with Gasteiger partial charge in [-0.15, -0.1) is 11.3 Å². The van der Waals surface area contributed by atoms with Gasteiger partial charge in [-0.1, -0.05) is 5.16 Å². The van der Waals surface area contributed by atoms with Crippen molar-refractivity contribution in [1.82, 2.24) is 9.88 Å². The topological polar surface area (TPSA) is 92.4 Å². The van der Waals surface area contributed by atoms with E-state index in [1.54, 1.807) is 19.9 Å². The Morgan fingerprint density at radius 3 is 2.68 bits per heavy atom. The first-order chi connectivity index (χ1) is 8.92. The summed E-state index contributed by atoms with van der Waals surface area (Å²) < 4.78 is 31.6. The first-order valence-corrected chi connectivity index (χ1v) is 7.84. The predicted molar refractivity (Wildman–Crippen MR) is 70.2 cm³/mol. The Balaban J connectivity index is 2.15. The molecule has 0 spiro atoms. The van der Waals surface area contributed by atoms with Gasteiger partial charge in [0.1, 0.15) is 5.76 Å². The Hall–Kier alpha value is -1.22. The van der Waals surface area contributed by atoms with Crippen LogP contribution in [0.3, 0.4) is 0 Å². The quantitative estimate of drug-likeness (QED) is 0.869. The second-order valence-electron chi connectivity index (χ2n) is 4.04. The van der Waals surface area contributed by atoms with Crippen LogP contribution >= 0.6 is 11.3 Å². The summed E-state index contributed by atoms with van der Waals surface area (Å²) in [5, 5.41) is 12.7. The Bertz CT molecular complexity index is 673. The molecule has 19 heavy (non-hydrogen) atoms. The number of thiophene rings is 1. The monoisotopic (exact) mass is 302 g/mol. The van der Waals surface area contributed by atoms with Crippen molar-refractivity contribution in [3.63, 3.8) is 0 Å². The second kappa shape index (κ2) is 5.41. The van der Waals surface area contributed by atoms with E-state index in [2.05, 4.69) is 9.88 Å². The second-order valence-corrected chi connectivity index (χ2v) is 7.12. The summed E-state index contributed by atoms with van der Waals surface area (Å²) in [4.78, 5) is 1.46. The molecule has 0 atom stereocenters. The summed E-state index contributed by atoms with van der Waals surface area (Å²) in [6.07, 6.45) is 0. The molecule has 8 heteroatoms. The number of aryl methyl sites for hydroxylation is 2. The number of rotatable bonds is 5.